The Morgan fingerprint density at radius 3 is 2.58 bits per heavy atom. The molecule has 2 rings (SSSR count). The molecule has 0 aliphatic rings. The van der Waals surface area contributed by atoms with Crippen molar-refractivity contribution in [2.75, 3.05) is 20.3 Å². The van der Waals surface area contributed by atoms with E-state index < -0.39 is 0 Å². The highest BCUT2D eigenvalue weighted by Gasteiger charge is 2.09. The SMILES string of the molecule is CCCOc1ccc(CNC(=O)COc2ccc(Cl)cc2Br)cc1OC. The summed E-state index contributed by atoms with van der Waals surface area (Å²) in [5.74, 6) is 1.67. The molecule has 2 aromatic carbocycles. The molecule has 0 atom stereocenters. The van der Waals surface area contributed by atoms with Gasteiger partial charge in [0.2, 0.25) is 0 Å². The summed E-state index contributed by atoms with van der Waals surface area (Å²) in [4.78, 5) is 12.0. The minimum atomic E-state index is -0.225. The predicted octanol–water partition coefficient (Wildman–Crippen LogP) is 4.60. The fourth-order valence-electron chi connectivity index (χ4n) is 2.14. The second kappa shape index (κ2) is 10.3. The fourth-order valence-corrected chi connectivity index (χ4v) is 2.94. The second-order valence-corrected chi connectivity index (χ2v) is 6.76. The first-order valence-electron chi connectivity index (χ1n) is 8.17. The van der Waals surface area contributed by atoms with Crippen LogP contribution in [0.25, 0.3) is 0 Å². The molecule has 26 heavy (non-hydrogen) atoms. The van der Waals surface area contributed by atoms with Crippen LogP contribution in [0.5, 0.6) is 17.2 Å². The van der Waals surface area contributed by atoms with Crippen LogP contribution >= 0.6 is 27.5 Å². The molecule has 0 aliphatic carbocycles. The maximum absolute atomic E-state index is 12.0. The van der Waals surface area contributed by atoms with Gasteiger partial charge in [0.25, 0.3) is 5.91 Å². The average molecular weight is 443 g/mol. The Kier molecular flexibility index (Phi) is 8.06. The largest absolute Gasteiger partial charge is 0.493 e. The number of carbonyl (C=O) groups is 1. The highest BCUT2D eigenvalue weighted by molar-refractivity contribution is 9.10. The molecule has 2 aromatic rings. The Hall–Kier alpha value is -1.92. The van der Waals surface area contributed by atoms with Gasteiger partial charge in [0.15, 0.2) is 18.1 Å². The van der Waals surface area contributed by atoms with Crippen molar-refractivity contribution in [1.82, 2.24) is 5.32 Å². The van der Waals surface area contributed by atoms with Crippen molar-refractivity contribution >= 4 is 33.4 Å². The molecular formula is C19H21BrClNO4. The van der Waals surface area contributed by atoms with Gasteiger partial charge in [-0.05, 0) is 58.2 Å². The second-order valence-electron chi connectivity index (χ2n) is 5.47. The fraction of sp³-hybridized carbons (Fsp3) is 0.316. The molecule has 0 saturated heterocycles. The number of carbonyl (C=O) groups excluding carboxylic acids is 1. The van der Waals surface area contributed by atoms with Crippen LogP contribution in [-0.2, 0) is 11.3 Å². The maximum Gasteiger partial charge on any atom is 0.258 e. The van der Waals surface area contributed by atoms with Gasteiger partial charge < -0.3 is 19.5 Å². The van der Waals surface area contributed by atoms with Crippen LogP contribution in [0.15, 0.2) is 40.9 Å². The molecule has 1 amide bonds. The summed E-state index contributed by atoms with van der Waals surface area (Å²) in [5, 5.41) is 3.40. The van der Waals surface area contributed by atoms with Crippen molar-refractivity contribution in [3.63, 3.8) is 0 Å². The van der Waals surface area contributed by atoms with Crippen molar-refractivity contribution in [3.8, 4) is 17.2 Å². The maximum atomic E-state index is 12.0. The zero-order valence-electron chi connectivity index (χ0n) is 14.7. The standard InChI is InChI=1S/C19H21BrClNO4/c1-3-8-25-17-6-4-13(9-18(17)24-2)11-22-19(23)12-26-16-7-5-14(21)10-15(16)20/h4-7,9-10H,3,8,11-12H2,1-2H3,(H,22,23). The average Bonchev–Trinajstić information content (AvgIpc) is 2.64. The van der Waals surface area contributed by atoms with Crippen LogP contribution in [0.1, 0.15) is 18.9 Å². The highest BCUT2D eigenvalue weighted by atomic mass is 79.9. The highest BCUT2D eigenvalue weighted by Crippen LogP contribution is 2.29. The third kappa shape index (κ3) is 6.11. The van der Waals surface area contributed by atoms with E-state index in [1.54, 1.807) is 25.3 Å². The molecule has 5 nitrogen and oxygen atoms in total. The van der Waals surface area contributed by atoms with Gasteiger partial charge in [-0.1, -0.05) is 24.6 Å². The Morgan fingerprint density at radius 1 is 1.12 bits per heavy atom. The van der Waals surface area contributed by atoms with E-state index in [-0.39, 0.29) is 12.5 Å². The molecule has 0 radical (unpaired) electrons. The summed E-state index contributed by atoms with van der Waals surface area (Å²) in [7, 11) is 1.59. The molecular weight excluding hydrogens is 422 g/mol. The third-order valence-corrected chi connectivity index (χ3v) is 4.29. The lowest BCUT2D eigenvalue weighted by molar-refractivity contribution is -0.123. The Labute approximate surface area is 166 Å². The van der Waals surface area contributed by atoms with E-state index in [9.17, 15) is 4.79 Å². The molecule has 0 heterocycles. The Morgan fingerprint density at radius 2 is 1.88 bits per heavy atom. The minimum absolute atomic E-state index is 0.0882. The van der Waals surface area contributed by atoms with Gasteiger partial charge >= 0.3 is 0 Å². The summed E-state index contributed by atoms with van der Waals surface area (Å²) in [6, 6.07) is 10.7. The summed E-state index contributed by atoms with van der Waals surface area (Å²) in [6.45, 7) is 2.95. The minimum Gasteiger partial charge on any atom is -0.493 e. The van der Waals surface area contributed by atoms with Gasteiger partial charge in [0, 0.05) is 11.6 Å². The van der Waals surface area contributed by atoms with Crippen LogP contribution in [0.4, 0.5) is 0 Å². The number of ether oxygens (including phenoxy) is 3. The number of hydrogen-bond acceptors (Lipinski definition) is 4. The van der Waals surface area contributed by atoms with Crippen LogP contribution in [0, 0.1) is 0 Å². The van der Waals surface area contributed by atoms with Crippen LogP contribution < -0.4 is 19.5 Å². The zero-order chi connectivity index (χ0) is 18.9. The van der Waals surface area contributed by atoms with Crippen molar-refractivity contribution < 1.29 is 19.0 Å². The Bertz CT molecular complexity index is 754. The number of amides is 1. The summed E-state index contributed by atoms with van der Waals surface area (Å²) < 4.78 is 17.1. The van der Waals surface area contributed by atoms with Gasteiger partial charge in [0.1, 0.15) is 5.75 Å². The lowest BCUT2D eigenvalue weighted by Crippen LogP contribution is -2.28. The number of hydrogen-bond donors (Lipinski definition) is 1. The van der Waals surface area contributed by atoms with Crippen LogP contribution in [0.3, 0.4) is 0 Å². The smallest absolute Gasteiger partial charge is 0.258 e. The van der Waals surface area contributed by atoms with Crippen molar-refractivity contribution in [3.05, 3.63) is 51.5 Å². The van der Waals surface area contributed by atoms with E-state index in [4.69, 9.17) is 25.8 Å². The number of methoxy groups -OCH3 is 1. The van der Waals surface area contributed by atoms with E-state index in [0.29, 0.717) is 39.9 Å². The normalized spacial score (nSPS) is 10.3. The molecule has 0 bridgehead atoms. The predicted molar refractivity (Wildman–Crippen MR) is 105 cm³/mol. The van der Waals surface area contributed by atoms with E-state index in [1.165, 1.54) is 0 Å². The van der Waals surface area contributed by atoms with Crippen molar-refractivity contribution in [2.24, 2.45) is 0 Å². The van der Waals surface area contributed by atoms with Gasteiger partial charge in [-0.3, -0.25) is 4.79 Å². The molecule has 7 heteroatoms. The molecule has 1 N–H and O–H groups in total. The monoisotopic (exact) mass is 441 g/mol. The number of halogens is 2. The van der Waals surface area contributed by atoms with Crippen molar-refractivity contribution in [2.45, 2.75) is 19.9 Å². The molecule has 0 saturated carbocycles. The van der Waals surface area contributed by atoms with Crippen molar-refractivity contribution in [1.29, 1.82) is 0 Å². The summed E-state index contributed by atoms with van der Waals surface area (Å²) >= 11 is 9.22. The molecule has 0 fully saturated rings. The summed E-state index contributed by atoms with van der Waals surface area (Å²) in [6.07, 6.45) is 0.921. The third-order valence-electron chi connectivity index (χ3n) is 3.43. The van der Waals surface area contributed by atoms with E-state index >= 15 is 0 Å². The molecule has 0 aliphatic heterocycles. The lowest BCUT2D eigenvalue weighted by atomic mass is 10.2. The lowest BCUT2D eigenvalue weighted by Gasteiger charge is -2.12. The van der Waals surface area contributed by atoms with Gasteiger partial charge in [-0.2, -0.15) is 0 Å². The number of nitrogens with one attached hydrogen (secondary N) is 1. The quantitative estimate of drug-likeness (QED) is 0.617. The van der Waals surface area contributed by atoms with E-state index in [0.717, 1.165) is 12.0 Å². The number of benzene rings is 2. The van der Waals surface area contributed by atoms with Gasteiger partial charge in [-0.25, -0.2) is 0 Å². The Balaban J connectivity index is 1.86. The first-order chi connectivity index (χ1) is 12.5. The topological polar surface area (TPSA) is 56.8 Å². The van der Waals surface area contributed by atoms with Gasteiger partial charge in [-0.15, -0.1) is 0 Å². The first kappa shape index (κ1) is 20.4. The van der Waals surface area contributed by atoms with Gasteiger partial charge in [0.05, 0.1) is 18.2 Å². The van der Waals surface area contributed by atoms with E-state index in [2.05, 4.69) is 21.2 Å². The van der Waals surface area contributed by atoms with E-state index in [1.807, 2.05) is 25.1 Å². The van der Waals surface area contributed by atoms with Crippen LogP contribution in [-0.4, -0.2) is 26.2 Å². The first-order valence-corrected chi connectivity index (χ1v) is 9.34. The molecule has 0 aromatic heterocycles. The molecule has 0 unspecified atom stereocenters. The molecule has 0 spiro atoms. The number of rotatable bonds is 9. The van der Waals surface area contributed by atoms with Crippen LogP contribution in [0.2, 0.25) is 5.02 Å². The summed E-state index contributed by atoms with van der Waals surface area (Å²) in [5.41, 5.74) is 0.909. The zero-order valence-corrected chi connectivity index (χ0v) is 17.0. The molecule has 140 valence electrons.